The first kappa shape index (κ1) is 24.4. The highest BCUT2D eigenvalue weighted by Gasteiger charge is 2.42. The number of anilines is 2. The molecule has 5 nitrogen and oxygen atoms in total. The SMILES string of the molecule is CCCCOc1ccccc1C=C1C(=O)N(c2ccccc2C)C(=S)N(c2ccccc2C)C1=O. The van der Waals surface area contributed by atoms with Crippen molar-refractivity contribution in [3.05, 3.63) is 95.1 Å². The molecule has 178 valence electrons. The van der Waals surface area contributed by atoms with E-state index in [1.54, 1.807) is 6.08 Å². The van der Waals surface area contributed by atoms with Crippen LogP contribution in [0.25, 0.3) is 6.08 Å². The Morgan fingerprint density at radius 2 is 1.31 bits per heavy atom. The van der Waals surface area contributed by atoms with E-state index in [0.717, 1.165) is 24.0 Å². The molecule has 35 heavy (non-hydrogen) atoms. The van der Waals surface area contributed by atoms with Crippen LogP contribution in [0.3, 0.4) is 0 Å². The van der Waals surface area contributed by atoms with Gasteiger partial charge in [-0.2, -0.15) is 0 Å². The van der Waals surface area contributed by atoms with E-state index in [-0.39, 0.29) is 10.7 Å². The summed E-state index contributed by atoms with van der Waals surface area (Å²) in [4.78, 5) is 30.5. The fourth-order valence-electron chi connectivity index (χ4n) is 4.00. The topological polar surface area (TPSA) is 49.9 Å². The third kappa shape index (κ3) is 4.88. The zero-order valence-electron chi connectivity index (χ0n) is 20.2. The zero-order valence-corrected chi connectivity index (χ0v) is 21.0. The molecule has 4 rings (SSSR count). The number of thiocarbonyl (C=S) groups is 1. The van der Waals surface area contributed by atoms with E-state index in [1.807, 2.05) is 86.6 Å². The van der Waals surface area contributed by atoms with Crippen LogP contribution in [0, 0.1) is 13.8 Å². The number of nitrogens with zero attached hydrogens (tertiary/aromatic N) is 2. The smallest absolute Gasteiger partial charge is 0.270 e. The molecule has 0 N–H and O–H groups in total. The maximum absolute atomic E-state index is 13.8. The maximum Gasteiger partial charge on any atom is 0.270 e. The van der Waals surface area contributed by atoms with Gasteiger partial charge in [-0.1, -0.05) is 67.9 Å². The molecular formula is C29H28N2O3S. The monoisotopic (exact) mass is 484 g/mol. The van der Waals surface area contributed by atoms with Gasteiger partial charge in [0.2, 0.25) is 0 Å². The molecule has 1 saturated heterocycles. The van der Waals surface area contributed by atoms with Crippen LogP contribution in [-0.2, 0) is 9.59 Å². The molecule has 0 bridgehead atoms. The van der Waals surface area contributed by atoms with Crippen LogP contribution >= 0.6 is 12.2 Å². The second-order valence-electron chi connectivity index (χ2n) is 8.43. The molecule has 0 aromatic heterocycles. The van der Waals surface area contributed by atoms with Crippen molar-refractivity contribution in [2.24, 2.45) is 0 Å². The summed E-state index contributed by atoms with van der Waals surface area (Å²) < 4.78 is 5.95. The Hall–Kier alpha value is -3.77. The van der Waals surface area contributed by atoms with E-state index in [9.17, 15) is 9.59 Å². The average Bonchev–Trinajstić information content (AvgIpc) is 2.85. The summed E-state index contributed by atoms with van der Waals surface area (Å²) in [7, 11) is 0. The van der Waals surface area contributed by atoms with Gasteiger partial charge in [-0.05, 0) is 67.9 Å². The number of benzene rings is 3. The number of ether oxygens (including phenoxy) is 1. The number of para-hydroxylation sites is 3. The predicted molar refractivity (Wildman–Crippen MR) is 145 cm³/mol. The molecule has 0 unspecified atom stereocenters. The van der Waals surface area contributed by atoms with Crippen molar-refractivity contribution in [3.63, 3.8) is 0 Å². The van der Waals surface area contributed by atoms with Gasteiger partial charge in [0.05, 0.1) is 18.0 Å². The molecule has 0 radical (unpaired) electrons. The van der Waals surface area contributed by atoms with Crippen molar-refractivity contribution in [3.8, 4) is 5.75 Å². The van der Waals surface area contributed by atoms with E-state index in [4.69, 9.17) is 17.0 Å². The molecule has 0 aliphatic carbocycles. The number of hydrogen-bond acceptors (Lipinski definition) is 4. The van der Waals surface area contributed by atoms with Gasteiger partial charge in [-0.3, -0.25) is 19.4 Å². The van der Waals surface area contributed by atoms with E-state index in [2.05, 4.69) is 6.92 Å². The summed E-state index contributed by atoms with van der Waals surface area (Å²) in [6, 6.07) is 22.5. The van der Waals surface area contributed by atoms with Gasteiger partial charge in [0.15, 0.2) is 5.11 Å². The molecule has 3 aromatic carbocycles. The lowest BCUT2D eigenvalue weighted by Crippen LogP contribution is -2.57. The summed E-state index contributed by atoms with van der Waals surface area (Å²) in [5, 5.41) is 0.133. The first-order valence-corrected chi connectivity index (χ1v) is 12.1. The van der Waals surface area contributed by atoms with Crippen molar-refractivity contribution >= 4 is 46.6 Å². The van der Waals surface area contributed by atoms with Gasteiger partial charge in [-0.25, -0.2) is 0 Å². The number of carbonyl (C=O) groups is 2. The summed E-state index contributed by atoms with van der Waals surface area (Å²) in [5.41, 5.74) is 3.74. The Morgan fingerprint density at radius 1 is 0.800 bits per heavy atom. The Kier molecular flexibility index (Phi) is 7.42. The lowest BCUT2D eigenvalue weighted by Gasteiger charge is -2.37. The van der Waals surface area contributed by atoms with Crippen molar-refractivity contribution in [1.29, 1.82) is 0 Å². The van der Waals surface area contributed by atoms with Gasteiger partial charge in [0.1, 0.15) is 11.3 Å². The van der Waals surface area contributed by atoms with Crippen molar-refractivity contribution < 1.29 is 14.3 Å². The lowest BCUT2D eigenvalue weighted by atomic mass is 10.0. The predicted octanol–water partition coefficient (Wildman–Crippen LogP) is 6.23. The van der Waals surface area contributed by atoms with Crippen LogP contribution in [0.5, 0.6) is 5.75 Å². The number of aryl methyl sites for hydroxylation is 2. The minimum absolute atomic E-state index is 0.0247. The van der Waals surface area contributed by atoms with Crippen LogP contribution in [0.15, 0.2) is 78.4 Å². The maximum atomic E-state index is 13.8. The second kappa shape index (κ2) is 10.7. The van der Waals surface area contributed by atoms with Gasteiger partial charge >= 0.3 is 0 Å². The molecule has 1 fully saturated rings. The molecule has 6 heteroatoms. The fraction of sp³-hybridized carbons (Fsp3) is 0.207. The minimum atomic E-state index is -0.456. The summed E-state index contributed by atoms with van der Waals surface area (Å²) in [6.45, 7) is 6.49. The number of hydrogen-bond donors (Lipinski definition) is 0. The van der Waals surface area contributed by atoms with E-state index < -0.39 is 11.8 Å². The highest BCUT2D eigenvalue weighted by molar-refractivity contribution is 7.81. The van der Waals surface area contributed by atoms with Gasteiger partial charge in [0, 0.05) is 5.56 Å². The van der Waals surface area contributed by atoms with Gasteiger partial charge < -0.3 is 4.74 Å². The molecule has 1 aliphatic heterocycles. The first-order valence-electron chi connectivity index (χ1n) is 11.7. The summed E-state index contributed by atoms with van der Waals surface area (Å²) in [6.07, 6.45) is 3.54. The van der Waals surface area contributed by atoms with Crippen LogP contribution in [0.4, 0.5) is 11.4 Å². The van der Waals surface area contributed by atoms with E-state index >= 15 is 0 Å². The molecule has 1 aliphatic rings. The highest BCUT2D eigenvalue weighted by atomic mass is 32.1. The molecule has 2 amide bonds. The minimum Gasteiger partial charge on any atom is -0.493 e. The molecule has 1 heterocycles. The van der Waals surface area contributed by atoms with Crippen LogP contribution in [0.1, 0.15) is 36.5 Å². The van der Waals surface area contributed by atoms with Crippen LogP contribution < -0.4 is 14.5 Å². The molecule has 0 atom stereocenters. The normalized spacial score (nSPS) is 13.9. The second-order valence-corrected chi connectivity index (χ2v) is 8.80. The van der Waals surface area contributed by atoms with Crippen molar-refractivity contribution in [2.45, 2.75) is 33.6 Å². The quantitative estimate of drug-likeness (QED) is 0.173. The number of carbonyl (C=O) groups excluding carboxylic acids is 2. The average molecular weight is 485 g/mol. The van der Waals surface area contributed by atoms with Crippen LogP contribution in [-0.4, -0.2) is 23.5 Å². The third-order valence-corrected chi connectivity index (χ3v) is 6.30. The number of unbranched alkanes of at least 4 members (excludes halogenated alkanes) is 1. The van der Waals surface area contributed by atoms with Crippen molar-refractivity contribution in [1.82, 2.24) is 0 Å². The van der Waals surface area contributed by atoms with E-state index in [0.29, 0.717) is 29.3 Å². The Bertz CT molecular complexity index is 1250. The first-order chi connectivity index (χ1) is 16.9. The lowest BCUT2D eigenvalue weighted by molar-refractivity contribution is -0.120. The Balaban J connectivity index is 1.86. The molecule has 3 aromatic rings. The Morgan fingerprint density at radius 3 is 1.86 bits per heavy atom. The van der Waals surface area contributed by atoms with Gasteiger partial charge in [0.25, 0.3) is 11.8 Å². The largest absolute Gasteiger partial charge is 0.493 e. The highest BCUT2D eigenvalue weighted by Crippen LogP contribution is 2.33. The van der Waals surface area contributed by atoms with Gasteiger partial charge in [-0.15, -0.1) is 0 Å². The summed E-state index contributed by atoms with van der Waals surface area (Å²) in [5.74, 6) is -0.280. The zero-order chi connectivity index (χ0) is 24.9. The number of rotatable bonds is 7. The van der Waals surface area contributed by atoms with E-state index in [1.165, 1.54) is 9.80 Å². The standard InChI is InChI=1S/C29H28N2O3S/c1-4-5-18-34-26-17-11-8-14-22(26)19-23-27(32)30(24-15-9-6-12-20(24)2)29(35)31(28(23)33)25-16-10-7-13-21(25)3/h6-17,19H,4-5,18H2,1-3H3. The molecule has 0 saturated carbocycles. The fourth-order valence-corrected chi connectivity index (χ4v) is 4.36. The molecule has 0 spiro atoms. The number of amides is 2. The Labute approximate surface area is 211 Å². The third-order valence-electron chi connectivity index (χ3n) is 5.94. The van der Waals surface area contributed by atoms with Crippen molar-refractivity contribution in [2.75, 3.05) is 16.4 Å². The van der Waals surface area contributed by atoms with Crippen LogP contribution in [0.2, 0.25) is 0 Å². The summed E-state index contributed by atoms with van der Waals surface area (Å²) >= 11 is 5.76. The molecular weight excluding hydrogens is 456 g/mol.